The molecule has 0 aliphatic heterocycles. The van der Waals surface area contributed by atoms with Gasteiger partial charge in [0.1, 0.15) is 6.61 Å². The van der Waals surface area contributed by atoms with Crippen molar-refractivity contribution in [1.82, 2.24) is 0 Å². The molecule has 0 bridgehead atoms. The molecule has 0 unspecified atom stereocenters. The number of benzene rings is 2. The second kappa shape index (κ2) is 8.57. The van der Waals surface area contributed by atoms with Crippen LogP contribution in [0.3, 0.4) is 0 Å². The number of carboxylic acid groups (broad SMARTS) is 1. The van der Waals surface area contributed by atoms with Crippen LogP contribution in [-0.4, -0.2) is 22.1 Å². The van der Waals surface area contributed by atoms with E-state index < -0.39 is 5.97 Å². The molecule has 0 spiro atoms. The Morgan fingerprint density at radius 2 is 1.38 bits per heavy atom. The standard InChI is InChI=1S/C19H16O5/c20-18(11-7-14-1-3-16(4-2-14)13-24-23)12-8-15-5-9-17(10-6-15)19(21)22/h1-12,23H,13H2,(H,21,22). The summed E-state index contributed by atoms with van der Waals surface area (Å²) in [5, 5.41) is 17.2. The Labute approximate surface area is 139 Å². The molecule has 122 valence electrons. The van der Waals surface area contributed by atoms with E-state index in [1.165, 1.54) is 24.3 Å². The summed E-state index contributed by atoms with van der Waals surface area (Å²) in [5.74, 6) is -1.17. The van der Waals surface area contributed by atoms with Gasteiger partial charge in [-0.15, -0.1) is 0 Å². The number of aromatic carboxylic acids is 1. The molecule has 0 saturated carbocycles. The molecule has 5 heteroatoms. The van der Waals surface area contributed by atoms with Crippen molar-refractivity contribution in [2.24, 2.45) is 0 Å². The zero-order valence-electron chi connectivity index (χ0n) is 12.8. The fraction of sp³-hybridized carbons (Fsp3) is 0.0526. The maximum atomic E-state index is 11.8. The molecule has 2 aromatic rings. The van der Waals surface area contributed by atoms with E-state index in [-0.39, 0.29) is 18.0 Å². The van der Waals surface area contributed by atoms with Gasteiger partial charge < -0.3 is 5.11 Å². The highest BCUT2D eigenvalue weighted by Gasteiger charge is 2.00. The molecular weight excluding hydrogens is 308 g/mol. The summed E-state index contributed by atoms with van der Waals surface area (Å²) in [4.78, 5) is 26.6. The van der Waals surface area contributed by atoms with Crippen molar-refractivity contribution in [3.05, 3.63) is 82.9 Å². The average Bonchev–Trinajstić information content (AvgIpc) is 2.60. The van der Waals surface area contributed by atoms with Gasteiger partial charge in [-0.1, -0.05) is 48.6 Å². The van der Waals surface area contributed by atoms with Crippen LogP contribution >= 0.6 is 0 Å². The third-order valence-corrected chi connectivity index (χ3v) is 3.25. The monoisotopic (exact) mass is 324 g/mol. The summed E-state index contributed by atoms with van der Waals surface area (Å²) in [6.07, 6.45) is 6.17. The first-order valence-electron chi connectivity index (χ1n) is 7.17. The molecule has 2 rings (SSSR count). The lowest BCUT2D eigenvalue weighted by molar-refractivity contribution is -0.253. The van der Waals surface area contributed by atoms with Crippen LogP contribution < -0.4 is 0 Å². The van der Waals surface area contributed by atoms with Crippen molar-refractivity contribution < 1.29 is 24.8 Å². The first-order chi connectivity index (χ1) is 11.6. The van der Waals surface area contributed by atoms with Gasteiger partial charge in [0.25, 0.3) is 0 Å². The van der Waals surface area contributed by atoms with Crippen molar-refractivity contribution in [2.75, 3.05) is 0 Å². The minimum Gasteiger partial charge on any atom is -0.478 e. The summed E-state index contributed by atoms with van der Waals surface area (Å²) >= 11 is 0. The zero-order chi connectivity index (χ0) is 17.4. The van der Waals surface area contributed by atoms with E-state index in [0.29, 0.717) is 0 Å². The minimum atomic E-state index is -0.985. The Bertz CT molecular complexity index is 755. The topological polar surface area (TPSA) is 83.8 Å². The van der Waals surface area contributed by atoms with E-state index in [1.54, 1.807) is 36.4 Å². The molecule has 0 aromatic heterocycles. The molecule has 0 atom stereocenters. The van der Waals surface area contributed by atoms with Crippen LogP contribution in [0.2, 0.25) is 0 Å². The van der Waals surface area contributed by atoms with Crippen LogP contribution in [0.4, 0.5) is 0 Å². The summed E-state index contributed by atoms with van der Waals surface area (Å²) < 4.78 is 0. The van der Waals surface area contributed by atoms with E-state index in [2.05, 4.69) is 4.89 Å². The number of carbonyl (C=O) groups excluding carboxylic acids is 1. The molecule has 0 fully saturated rings. The van der Waals surface area contributed by atoms with Crippen molar-refractivity contribution in [2.45, 2.75) is 6.61 Å². The highest BCUT2D eigenvalue weighted by molar-refractivity contribution is 6.04. The molecule has 0 aliphatic carbocycles. The second-order valence-electron chi connectivity index (χ2n) is 5.01. The lowest BCUT2D eigenvalue weighted by Crippen LogP contribution is -1.94. The smallest absolute Gasteiger partial charge is 0.335 e. The Morgan fingerprint density at radius 1 is 0.875 bits per heavy atom. The van der Waals surface area contributed by atoms with Crippen LogP contribution in [-0.2, 0) is 16.3 Å². The molecule has 0 radical (unpaired) electrons. The lowest BCUT2D eigenvalue weighted by atomic mass is 10.1. The van der Waals surface area contributed by atoms with E-state index in [9.17, 15) is 9.59 Å². The molecule has 0 amide bonds. The molecule has 24 heavy (non-hydrogen) atoms. The average molecular weight is 324 g/mol. The summed E-state index contributed by atoms with van der Waals surface area (Å²) in [6, 6.07) is 13.5. The molecular formula is C19H16O5. The Hall–Kier alpha value is -3.02. The van der Waals surface area contributed by atoms with Gasteiger partial charge in [-0.2, -0.15) is 0 Å². The van der Waals surface area contributed by atoms with Crippen molar-refractivity contribution in [3.63, 3.8) is 0 Å². The fourth-order valence-corrected chi connectivity index (χ4v) is 1.95. The summed E-state index contributed by atoms with van der Waals surface area (Å²) in [6.45, 7) is 0.117. The number of hydrogen-bond donors (Lipinski definition) is 2. The molecule has 0 heterocycles. The highest BCUT2D eigenvalue weighted by Crippen LogP contribution is 2.08. The Morgan fingerprint density at radius 3 is 1.83 bits per heavy atom. The zero-order valence-corrected chi connectivity index (χ0v) is 12.8. The lowest BCUT2D eigenvalue weighted by Gasteiger charge is -1.98. The van der Waals surface area contributed by atoms with Crippen LogP contribution in [0.25, 0.3) is 12.2 Å². The van der Waals surface area contributed by atoms with Gasteiger partial charge in [-0.3, -0.25) is 10.1 Å². The number of rotatable bonds is 7. The van der Waals surface area contributed by atoms with Gasteiger partial charge in [-0.05, 0) is 41.0 Å². The van der Waals surface area contributed by atoms with Crippen LogP contribution in [0.5, 0.6) is 0 Å². The largest absolute Gasteiger partial charge is 0.478 e. The number of carbonyl (C=O) groups is 2. The molecule has 0 aliphatic rings. The van der Waals surface area contributed by atoms with Gasteiger partial charge in [0.05, 0.1) is 5.56 Å². The highest BCUT2D eigenvalue weighted by atomic mass is 17.1. The Kier molecular flexibility index (Phi) is 6.19. The molecule has 5 nitrogen and oxygen atoms in total. The molecule has 2 N–H and O–H groups in total. The van der Waals surface area contributed by atoms with E-state index >= 15 is 0 Å². The van der Waals surface area contributed by atoms with Gasteiger partial charge in [0, 0.05) is 0 Å². The van der Waals surface area contributed by atoms with Crippen LogP contribution in [0.15, 0.2) is 60.7 Å². The van der Waals surface area contributed by atoms with Gasteiger partial charge in [0.15, 0.2) is 5.78 Å². The van der Waals surface area contributed by atoms with Crippen LogP contribution in [0, 0.1) is 0 Å². The van der Waals surface area contributed by atoms with E-state index in [1.807, 2.05) is 12.1 Å². The third-order valence-electron chi connectivity index (χ3n) is 3.25. The van der Waals surface area contributed by atoms with Crippen molar-refractivity contribution in [1.29, 1.82) is 0 Å². The summed E-state index contributed by atoms with van der Waals surface area (Å²) in [5.41, 5.74) is 2.62. The quantitative estimate of drug-likeness (QED) is 0.461. The van der Waals surface area contributed by atoms with E-state index in [0.717, 1.165) is 16.7 Å². The van der Waals surface area contributed by atoms with Crippen molar-refractivity contribution >= 4 is 23.9 Å². The van der Waals surface area contributed by atoms with Gasteiger partial charge in [-0.25, -0.2) is 9.68 Å². The number of allylic oxidation sites excluding steroid dienone is 2. The van der Waals surface area contributed by atoms with Crippen LogP contribution in [0.1, 0.15) is 27.0 Å². The SMILES string of the molecule is O=C(C=Cc1ccc(COO)cc1)C=Cc1ccc(C(=O)O)cc1. The maximum Gasteiger partial charge on any atom is 0.335 e. The number of ketones is 1. The number of hydrogen-bond acceptors (Lipinski definition) is 4. The number of carboxylic acids is 1. The molecule has 0 saturated heterocycles. The fourth-order valence-electron chi connectivity index (χ4n) is 1.95. The third kappa shape index (κ3) is 5.31. The summed E-state index contributed by atoms with van der Waals surface area (Å²) in [7, 11) is 0. The van der Waals surface area contributed by atoms with Crippen molar-refractivity contribution in [3.8, 4) is 0 Å². The first-order valence-corrected chi connectivity index (χ1v) is 7.17. The Balaban J connectivity index is 1.95. The maximum absolute atomic E-state index is 11.8. The molecule has 2 aromatic carbocycles. The minimum absolute atomic E-state index is 0.117. The first kappa shape index (κ1) is 17.3. The van der Waals surface area contributed by atoms with Gasteiger partial charge in [0.2, 0.25) is 0 Å². The van der Waals surface area contributed by atoms with Gasteiger partial charge >= 0.3 is 5.97 Å². The second-order valence-corrected chi connectivity index (χ2v) is 5.01. The predicted molar refractivity (Wildman–Crippen MR) is 90.3 cm³/mol. The normalized spacial score (nSPS) is 11.2. The van der Waals surface area contributed by atoms with E-state index in [4.69, 9.17) is 10.4 Å². The predicted octanol–water partition coefficient (Wildman–Crippen LogP) is 3.67.